The molecule has 0 amide bonds. The normalized spacial score (nSPS) is 38.5. The number of hydrogen-bond donors (Lipinski definition) is 2. The number of aliphatic carboxylic acids is 1. The Balaban J connectivity index is 2.63. The van der Waals surface area contributed by atoms with Crippen LogP contribution in [0.1, 0.15) is 25.7 Å². The van der Waals surface area contributed by atoms with Crippen LogP contribution in [-0.4, -0.2) is 20.5 Å². The van der Waals surface area contributed by atoms with Gasteiger partial charge in [-0.15, -0.1) is 0 Å². The van der Waals surface area contributed by atoms with Gasteiger partial charge in [-0.05, 0) is 25.7 Å². The van der Waals surface area contributed by atoms with Crippen LogP contribution in [0.3, 0.4) is 0 Å². The van der Waals surface area contributed by atoms with Gasteiger partial charge in [-0.2, -0.15) is 0 Å². The van der Waals surface area contributed by atoms with Crippen molar-refractivity contribution in [2.75, 3.05) is 0 Å². The SMILES string of the molecule is NC1CCCC(I)(C(=O)O)C1. The minimum absolute atomic E-state index is 0.0803. The van der Waals surface area contributed by atoms with Gasteiger partial charge < -0.3 is 10.8 Å². The van der Waals surface area contributed by atoms with E-state index in [9.17, 15) is 4.79 Å². The van der Waals surface area contributed by atoms with E-state index in [0.29, 0.717) is 6.42 Å². The summed E-state index contributed by atoms with van der Waals surface area (Å²) < 4.78 is -0.588. The minimum Gasteiger partial charge on any atom is -0.480 e. The maximum Gasteiger partial charge on any atom is 0.319 e. The van der Waals surface area contributed by atoms with Crippen molar-refractivity contribution in [2.45, 2.75) is 35.1 Å². The summed E-state index contributed by atoms with van der Waals surface area (Å²) in [6, 6.07) is 0.0803. The van der Waals surface area contributed by atoms with Crippen molar-refractivity contribution in [1.29, 1.82) is 0 Å². The molecule has 0 aromatic rings. The van der Waals surface area contributed by atoms with Crippen molar-refractivity contribution in [3.8, 4) is 0 Å². The second-order valence-electron chi connectivity index (χ2n) is 3.13. The Morgan fingerprint density at radius 2 is 2.36 bits per heavy atom. The molecule has 0 aliphatic heterocycles. The summed E-state index contributed by atoms with van der Waals surface area (Å²) in [5.41, 5.74) is 5.68. The maximum absolute atomic E-state index is 10.8. The van der Waals surface area contributed by atoms with E-state index in [2.05, 4.69) is 0 Å². The van der Waals surface area contributed by atoms with Gasteiger partial charge in [0.1, 0.15) is 3.42 Å². The molecule has 0 aromatic heterocycles. The van der Waals surface area contributed by atoms with Gasteiger partial charge in [0.15, 0.2) is 0 Å². The zero-order chi connectivity index (χ0) is 8.48. The van der Waals surface area contributed by atoms with Crippen molar-refractivity contribution in [2.24, 2.45) is 5.73 Å². The highest BCUT2D eigenvalue weighted by atomic mass is 127. The Morgan fingerprint density at radius 3 is 2.73 bits per heavy atom. The molecule has 11 heavy (non-hydrogen) atoms. The van der Waals surface area contributed by atoms with Gasteiger partial charge >= 0.3 is 5.97 Å². The summed E-state index contributed by atoms with van der Waals surface area (Å²) in [6.45, 7) is 0. The van der Waals surface area contributed by atoms with E-state index in [4.69, 9.17) is 10.8 Å². The summed E-state index contributed by atoms with van der Waals surface area (Å²) in [7, 11) is 0. The van der Waals surface area contributed by atoms with Crippen molar-refractivity contribution < 1.29 is 9.90 Å². The molecule has 4 heteroatoms. The van der Waals surface area contributed by atoms with Gasteiger partial charge in [0, 0.05) is 6.04 Å². The molecule has 0 bridgehead atoms. The Hall–Kier alpha value is 0.160. The van der Waals surface area contributed by atoms with Crippen LogP contribution in [0, 0.1) is 0 Å². The summed E-state index contributed by atoms with van der Waals surface area (Å²) in [4.78, 5) is 10.8. The highest BCUT2D eigenvalue weighted by Gasteiger charge is 2.39. The molecular weight excluding hydrogens is 257 g/mol. The molecule has 1 saturated carbocycles. The monoisotopic (exact) mass is 269 g/mol. The average Bonchev–Trinajstić information content (AvgIpc) is 1.86. The largest absolute Gasteiger partial charge is 0.480 e. The molecule has 0 heterocycles. The lowest BCUT2D eigenvalue weighted by atomic mass is 9.86. The molecule has 0 radical (unpaired) electrons. The second kappa shape index (κ2) is 3.26. The third-order valence-corrected chi connectivity index (χ3v) is 3.56. The smallest absolute Gasteiger partial charge is 0.319 e. The van der Waals surface area contributed by atoms with Crippen LogP contribution in [-0.2, 0) is 4.79 Å². The first-order chi connectivity index (χ1) is 5.04. The zero-order valence-corrected chi connectivity index (χ0v) is 8.37. The van der Waals surface area contributed by atoms with Crippen LogP contribution in [0.2, 0.25) is 0 Å². The number of carboxylic acid groups (broad SMARTS) is 1. The first kappa shape index (κ1) is 9.25. The second-order valence-corrected chi connectivity index (χ2v) is 5.19. The van der Waals surface area contributed by atoms with Crippen molar-refractivity contribution in [3.05, 3.63) is 0 Å². The Bertz CT molecular complexity index is 174. The fraction of sp³-hybridized carbons (Fsp3) is 0.857. The van der Waals surface area contributed by atoms with Gasteiger partial charge in [0.05, 0.1) is 0 Å². The quantitative estimate of drug-likeness (QED) is 0.554. The topological polar surface area (TPSA) is 63.3 Å². The Morgan fingerprint density at radius 1 is 1.73 bits per heavy atom. The number of rotatable bonds is 1. The van der Waals surface area contributed by atoms with Crippen LogP contribution in [0.25, 0.3) is 0 Å². The number of hydrogen-bond acceptors (Lipinski definition) is 2. The van der Waals surface area contributed by atoms with Crippen molar-refractivity contribution in [3.63, 3.8) is 0 Å². The van der Waals surface area contributed by atoms with Gasteiger partial charge in [-0.3, -0.25) is 4.79 Å². The first-order valence-corrected chi connectivity index (χ1v) is 4.80. The van der Waals surface area contributed by atoms with E-state index in [-0.39, 0.29) is 6.04 Å². The molecule has 64 valence electrons. The molecule has 0 aromatic carbocycles. The van der Waals surface area contributed by atoms with E-state index in [1.54, 1.807) is 0 Å². The average molecular weight is 269 g/mol. The minimum atomic E-state index is -0.715. The molecular formula is C7H12INO2. The summed E-state index contributed by atoms with van der Waals surface area (Å²) in [5.74, 6) is -0.715. The Kier molecular flexibility index (Phi) is 2.74. The molecule has 1 aliphatic rings. The lowest BCUT2D eigenvalue weighted by Crippen LogP contribution is -2.42. The first-order valence-electron chi connectivity index (χ1n) is 3.72. The molecule has 0 saturated heterocycles. The van der Waals surface area contributed by atoms with Crippen LogP contribution in [0.15, 0.2) is 0 Å². The molecule has 2 atom stereocenters. The van der Waals surface area contributed by atoms with Crippen molar-refractivity contribution in [1.82, 2.24) is 0 Å². The van der Waals surface area contributed by atoms with Crippen LogP contribution < -0.4 is 5.73 Å². The fourth-order valence-corrected chi connectivity index (χ4v) is 2.41. The van der Waals surface area contributed by atoms with E-state index in [1.165, 1.54) is 0 Å². The lowest BCUT2D eigenvalue weighted by Gasteiger charge is -2.31. The molecule has 3 nitrogen and oxygen atoms in total. The molecule has 1 rings (SSSR count). The standard InChI is InChI=1S/C7H12INO2/c8-7(6(10)11)3-1-2-5(9)4-7/h5H,1-4,9H2,(H,10,11). The third kappa shape index (κ3) is 2.05. The maximum atomic E-state index is 10.8. The predicted octanol–water partition coefficient (Wildman–Crippen LogP) is 1.15. The number of nitrogens with two attached hydrogens (primary N) is 1. The zero-order valence-electron chi connectivity index (χ0n) is 6.22. The van der Waals surface area contributed by atoms with Gasteiger partial charge in [0.2, 0.25) is 0 Å². The molecule has 2 unspecified atom stereocenters. The van der Waals surface area contributed by atoms with E-state index < -0.39 is 9.39 Å². The molecule has 3 N–H and O–H groups in total. The predicted molar refractivity (Wildman–Crippen MR) is 50.8 cm³/mol. The van der Waals surface area contributed by atoms with Gasteiger partial charge in [-0.25, -0.2) is 0 Å². The van der Waals surface area contributed by atoms with Crippen LogP contribution in [0.4, 0.5) is 0 Å². The van der Waals surface area contributed by atoms with Gasteiger partial charge in [-0.1, -0.05) is 22.6 Å². The summed E-state index contributed by atoms with van der Waals surface area (Å²) >= 11 is 2.02. The lowest BCUT2D eigenvalue weighted by molar-refractivity contribution is -0.140. The fourth-order valence-electron chi connectivity index (χ4n) is 1.46. The summed E-state index contributed by atoms with van der Waals surface area (Å²) in [6.07, 6.45) is 3.29. The number of carbonyl (C=O) groups is 1. The molecule has 1 fully saturated rings. The van der Waals surface area contributed by atoms with E-state index in [1.807, 2.05) is 22.6 Å². The highest BCUT2D eigenvalue weighted by Crippen LogP contribution is 2.35. The summed E-state index contributed by atoms with van der Waals surface area (Å²) in [5, 5.41) is 8.85. The van der Waals surface area contributed by atoms with E-state index in [0.717, 1.165) is 19.3 Å². The number of alkyl halides is 1. The molecule has 0 spiro atoms. The third-order valence-electron chi connectivity index (χ3n) is 2.12. The number of carboxylic acids is 1. The number of halogens is 1. The van der Waals surface area contributed by atoms with Crippen LogP contribution >= 0.6 is 22.6 Å². The Labute approximate surface area is 79.5 Å². The van der Waals surface area contributed by atoms with Crippen LogP contribution in [0.5, 0.6) is 0 Å². The highest BCUT2D eigenvalue weighted by molar-refractivity contribution is 14.1. The van der Waals surface area contributed by atoms with E-state index >= 15 is 0 Å². The molecule has 1 aliphatic carbocycles. The van der Waals surface area contributed by atoms with Crippen molar-refractivity contribution >= 4 is 28.6 Å². The van der Waals surface area contributed by atoms with Gasteiger partial charge in [0.25, 0.3) is 0 Å².